The van der Waals surface area contributed by atoms with Gasteiger partial charge in [0.15, 0.2) is 0 Å². The highest BCUT2D eigenvalue weighted by Gasteiger charge is 1.96. The van der Waals surface area contributed by atoms with E-state index in [1.807, 2.05) is 30.3 Å². The van der Waals surface area contributed by atoms with Gasteiger partial charge in [-0.15, -0.1) is 0 Å². The first-order valence-corrected chi connectivity index (χ1v) is 6.06. The molecule has 0 aliphatic heterocycles. The van der Waals surface area contributed by atoms with Gasteiger partial charge >= 0.3 is 5.97 Å². The molecule has 2 nitrogen and oxygen atoms in total. The highest BCUT2D eigenvalue weighted by Crippen LogP contribution is 1.99. The Morgan fingerprint density at radius 3 is 2.65 bits per heavy atom. The maximum Gasteiger partial charge on any atom is 0.384 e. The number of unbranched alkanes of at least 4 members (excludes halogenated alkanes) is 3. The lowest BCUT2D eigenvalue weighted by molar-refractivity contribution is -0.136. The van der Waals surface area contributed by atoms with E-state index in [0.717, 1.165) is 18.4 Å². The summed E-state index contributed by atoms with van der Waals surface area (Å²) in [6, 6.07) is 9.42. The number of carbonyl (C=O) groups excluding carboxylic acids is 1. The molecule has 0 amide bonds. The van der Waals surface area contributed by atoms with Crippen LogP contribution in [0, 0.1) is 11.8 Å². The minimum Gasteiger partial charge on any atom is -0.456 e. The first-order chi connectivity index (χ1) is 8.33. The molecule has 1 rings (SSSR count). The Morgan fingerprint density at radius 2 is 1.94 bits per heavy atom. The number of ether oxygens (including phenoxy) is 1. The quantitative estimate of drug-likeness (QED) is 0.441. The fourth-order valence-corrected chi connectivity index (χ4v) is 1.37. The summed E-state index contributed by atoms with van der Waals surface area (Å²) in [7, 11) is 0. The zero-order valence-corrected chi connectivity index (χ0v) is 10.2. The molecule has 0 radical (unpaired) electrons. The molecule has 0 spiro atoms. The Morgan fingerprint density at radius 1 is 1.18 bits per heavy atom. The minimum absolute atomic E-state index is 0.439. The van der Waals surface area contributed by atoms with Gasteiger partial charge in [-0.1, -0.05) is 50.3 Å². The second-order valence-corrected chi connectivity index (χ2v) is 3.81. The molecule has 0 aliphatic rings. The Bertz CT molecular complexity index is 384. The molecule has 0 N–H and O–H groups in total. The third kappa shape index (κ3) is 6.42. The standard InChI is InChI=1S/C15H18O2/c1-2-3-4-8-13-17-15(16)12-11-14-9-6-5-7-10-14/h5-7,9-10H,2-4,8,13H2,1H3. The Hall–Kier alpha value is -1.75. The van der Waals surface area contributed by atoms with E-state index >= 15 is 0 Å². The summed E-state index contributed by atoms with van der Waals surface area (Å²) in [5, 5.41) is 0. The van der Waals surface area contributed by atoms with Gasteiger partial charge in [0.2, 0.25) is 0 Å². The van der Waals surface area contributed by atoms with E-state index in [0.29, 0.717) is 6.61 Å². The Labute approximate surface area is 103 Å². The van der Waals surface area contributed by atoms with Gasteiger partial charge in [-0.05, 0) is 18.6 Å². The number of carbonyl (C=O) groups is 1. The van der Waals surface area contributed by atoms with Crippen molar-refractivity contribution in [3.05, 3.63) is 35.9 Å². The van der Waals surface area contributed by atoms with E-state index in [1.165, 1.54) is 12.8 Å². The van der Waals surface area contributed by atoms with Gasteiger partial charge < -0.3 is 4.74 Å². The number of esters is 1. The van der Waals surface area contributed by atoms with Gasteiger partial charge in [-0.2, -0.15) is 0 Å². The van der Waals surface area contributed by atoms with Crippen LogP contribution in [0.3, 0.4) is 0 Å². The van der Waals surface area contributed by atoms with Crippen LogP contribution in [0.15, 0.2) is 30.3 Å². The van der Waals surface area contributed by atoms with Crippen molar-refractivity contribution in [2.75, 3.05) is 6.61 Å². The van der Waals surface area contributed by atoms with E-state index in [9.17, 15) is 4.79 Å². The van der Waals surface area contributed by atoms with Crippen molar-refractivity contribution >= 4 is 5.97 Å². The number of rotatable bonds is 5. The first-order valence-electron chi connectivity index (χ1n) is 6.06. The van der Waals surface area contributed by atoms with Crippen LogP contribution in [-0.2, 0) is 9.53 Å². The third-order valence-corrected chi connectivity index (χ3v) is 2.31. The predicted octanol–water partition coefficient (Wildman–Crippen LogP) is 3.16. The van der Waals surface area contributed by atoms with Crippen molar-refractivity contribution in [3.63, 3.8) is 0 Å². The summed E-state index contributed by atoms with van der Waals surface area (Å²) in [6.07, 6.45) is 4.40. The molecule has 0 aliphatic carbocycles. The molecule has 1 aromatic rings. The van der Waals surface area contributed by atoms with Crippen molar-refractivity contribution in [1.82, 2.24) is 0 Å². The lowest BCUT2D eigenvalue weighted by Gasteiger charge is -1.99. The molecule has 17 heavy (non-hydrogen) atoms. The largest absolute Gasteiger partial charge is 0.456 e. The normalized spacial score (nSPS) is 9.24. The molecular weight excluding hydrogens is 212 g/mol. The minimum atomic E-state index is -0.439. The zero-order chi connectivity index (χ0) is 12.3. The van der Waals surface area contributed by atoms with Crippen molar-refractivity contribution in [3.8, 4) is 11.8 Å². The Balaban J connectivity index is 2.24. The molecule has 0 unspecified atom stereocenters. The Kier molecular flexibility index (Phi) is 6.59. The van der Waals surface area contributed by atoms with E-state index in [-0.39, 0.29) is 0 Å². The summed E-state index contributed by atoms with van der Waals surface area (Å²) in [5.41, 5.74) is 0.829. The van der Waals surface area contributed by atoms with Crippen molar-refractivity contribution in [1.29, 1.82) is 0 Å². The molecule has 2 heteroatoms. The molecule has 0 aromatic heterocycles. The molecule has 0 fully saturated rings. The van der Waals surface area contributed by atoms with Crippen molar-refractivity contribution in [2.45, 2.75) is 32.6 Å². The van der Waals surface area contributed by atoms with Gasteiger partial charge in [0.05, 0.1) is 6.61 Å². The predicted molar refractivity (Wildman–Crippen MR) is 68.4 cm³/mol. The van der Waals surface area contributed by atoms with E-state index in [1.54, 1.807) is 0 Å². The highest BCUT2D eigenvalue weighted by molar-refractivity contribution is 5.89. The average Bonchev–Trinajstić information content (AvgIpc) is 2.37. The first kappa shape index (κ1) is 13.3. The summed E-state index contributed by atoms with van der Waals surface area (Å²) in [5.74, 6) is 4.81. The second-order valence-electron chi connectivity index (χ2n) is 3.81. The third-order valence-electron chi connectivity index (χ3n) is 2.31. The van der Waals surface area contributed by atoms with Gasteiger partial charge in [0.25, 0.3) is 0 Å². The SMILES string of the molecule is CCCCCCOC(=O)C#Cc1ccccc1. The molecule has 0 saturated carbocycles. The van der Waals surface area contributed by atoms with Crippen LogP contribution >= 0.6 is 0 Å². The lowest BCUT2D eigenvalue weighted by atomic mass is 10.2. The van der Waals surface area contributed by atoms with Crippen LogP contribution < -0.4 is 0 Å². The van der Waals surface area contributed by atoms with Gasteiger partial charge in [-0.25, -0.2) is 4.79 Å². The summed E-state index contributed by atoms with van der Waals surface area (Å²) in [6.45, 7) is 2.62. The summed E-state index contributed by atoms with van der Waals surface area (Å²) >= 11 is 0. The fourth-order valence-electron chi connectivity index (χ4n) is 1.37. The molecule has 0 saturated heterocycles. The van der Waals surface area contributed by atoms with Crippen LogP contribution in [0.5, 0.6) is 0 Å². The van der Waals surface area contributed by atoms with Crippen molar-refractivity contribution in [2.24, 2.45) is 0 Å². The van der Waals surface area contributed by atoms with Crippen molar-refractivity contribution < 1.29 is 9.53 Å². The van der Waals surface area contributed by atoms with Crippen LogP contribution in [0.1, 0.15) is 38.2 Å². The van der Waals surface area contributed by atoms with Gasteiger partial charge in [0.1, 0.15) is 0 Å². The number of hydrogen-bond donors (Lipinski definition) is 0. The van der Waals surface area contributed by atoms with E-state index < -0.39 is 5.97 Å². The molecule has 0 atom stereocenters. The van der Waals surface area contributed by atoms with Crippen LogP contribution in [0.2, 0.25) is 0 Å². The fraction of sp³-hybridized carbons (Fsp3) is 0.400. The second kappa shape index (κ2) is 8.41. The van der Waals surface area contributed by atoms with Gasteiger partial charge in [0, 0.05) is 11.5 Å². The number of benzene rings is 1. The molecule has 1 aromatic carbocycles. The molecule has 90 valence electrons. The highest BCUT2D eigenvalue weighted by atomic mass is 16.5. The molecule has 0 heterocycles. The molecular formula is C15H18O2. The van der Waals surface area contributed by atoms with Crippen LogP contribution in [0.25, 0.3) is 0 Å². The summed E-state index contributed by atoms with van der Waals surface area (Å²) in [4.78, 5) is 11.3. The lowest BCUT2D eigenvalue weighted by Crippen LogP contribution is -2.02. The van der Waals surface area contributed by atoms with E-state index in [2.05, 4.69) is 18.8 Å². The average molecular weight is 230 g/mol. The van der Waals surface area contributed by atoms with Crippen LogP contribution in [-0.4, -0.2) is 12.6 Å². The summed E-state index contributed by atoms with van der Waals surface area (Å²) < 4.78 is 5.00. The zero-order valence-electron chi connectivity index (χ0n) is 10.2. The van der Waals surface area contributed by atoms with E-state index in [4.69, 9.17) is 4.74 Å². The molecule has 0 bridgehead atoms. The number of hydrogen-bond acceptors (Lipinski definition) is 2. The van der Waals surface area contributed by atoms with Crippen LogP contribution in [0.4, 0.5) is 0 Å². The van der Waals surface area contributed by atoms with Gasteiger partial charge in [-0.3, -0.25) is 0 Å². The smallest absolute Gasteiger partial charge is 0.384 e. The topological polar surface area (TPSA) is 26.3 Å². The monoisotopic (exact) mass is 230 g/mol. The maximum absolute atomic E-state index is 11.3. The maximum atomic E-state index is 11.3.